The quantitative estimate of drug-likeness (QED) is 0.366. The van der Waals surface area contributed by atoms with Crippen LogP contribution in [-0.2, 0) is 13.0 Å². The van der Waals surface area contributed by atoms with Gasteiger partial charge in [-0.05, 0) is 74.6 Å². The van der Waals surface area contributed by atoms with Crippen LogP contribution in [-0.4, -0.2) is 22.9 Å². The van der Waals surface area contributed by atoms with E-state index in [-0.39, 0.29) is 5.69 Å². The second-order valence-electron chi connectivity index (χ2n) is 7.61. The molecule has 1 aromatic heterocycles. The zero-order valence-electron chi connectivity index (χ0n) is 18.3. The number of benzene rings is 2. The minimum absolute atomic E-state index is 0.0612. The van der Waals surface area contributed by atoms with Crippen molar-refractivity contribution in [2.24, 2.45) is 0 Å². The van der Waals surface area contributed by atoms with Gasteiger partial charge in [-0.1, -0.05) is 18.7 Å². The zero-order valence-corrected chi connectivity index (χ0v) is 18.3. The molecule has 3 rings (SSSR count). The summed E-state index contributed by atoms with van der Waals surface area (Å²) in [7, 11) is 1.64. The maximum Gasteiger partial charge on any atom is 0.333 e. The monoisotopic (exact) mass is 406 g/mol. The van der Waals surface area contributed by atoms with E-state index in [9.17, 15) is 4.79 Å². The molecule has 0 saturated heterocycles. The average Bonchev–Trinajstić information content (AvgIpc) is 2.97. The van der Waals surface area contributed by atoms with Gasteiger partial charge < -0.3 is 9.47 Å². The van der Waals surface area contributed by atoms with Crippen LogP contribution in [0.25, 0.3) is 16.7 Å². The van der Waals surface area contributed by atoms with Crippen molar-refractivity contribution in [3.63, 3.8) is 0 Å². The second-order valence-corrected chi connectivity index (χ2v) is 7.61. The van der Waals surface area contributed by atoms with E-state index in [1.807, 2.05) is 35.8 Å². The Bertz CT molecular complexity index is 1150. The molecule has 0 atom stereocenters. The van der Waals surface area contributed by atoms with Crippen LogP contribution in [0.3, 0.4) is 0 Å². The Labute approximate surface area is 177 Å². The molecule has 0 amide bonds. The number of aromatic nitrogens is 2. The molecule has 158 valence electrons. The maximum atomic E-state index is 13.0. The van der Waals surface area contributed by atoms with Gasteiger partial charge in [-0.3, -0.25) is 9.13 Å². The van der Waals surface area contributed by atoms with Gasteiger partial charge in [0, 0.05) is 12.2 Å². The molecule has 1 heterocycles. The Hall–Kier alpha value is -3.21. The molecular weight excluding hydrogens is 376 g/mol. The molecular formula is C25H30N2O3. The Morgan fingerprint density at radius 3 is 2.43 bits per heavy atom. The lowest BCUT2D eigenvalue weighted by molar-refractivity contribution is 0.282. The van der Waals surface area contributed by atoms with Crippen molar-refractivity contribution >= 4 is 16.7 Å². The molecule has 0 bridgehead atoms. The summed E-state index contributed by atoms with van der Waals surface area (Å²) in [6, 6.07) is 10.0. The highest BCUT2D eigenvalue weighted by Crippen LogP contribution is 2.28. The van der Waals surface area contributed by atoms with Gasteiger partial charge in [-0.15, -0.1) is 6.58 Å². The molecule has 0 radical (unpaired) electrons. The highest BCUT2D eigenvalue weighted by Gasteiger charge is 2.15. The molecule has 0 aliphatic carbocycles. The number of methoxy groups -OCH3 is 1. The van der Waals surface area contributed by atoms with Crippen molar-refractivity contribution in [1.82, 2.24) is 9.13 Å². The summed E-state index contributed by atoms with van der Waals surface area (Å²) in [6.45, 7) is 14.8. The number of rotatable bonds is 9. The van der Waals surface area contributed by atoms with Crippen molar-refractivity contribution in [3.8, 4) is 11.5 Å². The number of hydrogen-bond acceptors (Lipinski definition) is 3. The number of ether oxygens (including phenoxy) is 2. The van der Waals surface area contributed by atoms with Gasteiger partial charge in [-0.25, -0.2) is 4.79 Å². The Morgan fingerprint density at radius 1 is 1.10 bits per heavy atom. The topological polar surface area (TPSA) is 45.4 Å². The Morgan fingerprint density at radius 2 is 1.80 bits per heavy atom. The molecule has 0 aliphatic rings. The largest absolute Gasteiger partial charge is 0.493 e. The maximum absolute atomic E-state index is 13.0. The number of allylic oxidation sites excluding steroid dienone is 2. The predicted octanol–water partition coefficient (Wildman–Crippen LogP) is 5.12. The van der Waals surface area contributed by atoms with E-state index in [2.05, 4.69) is 39.1 Å². The second kappa shape index (κ2) is 9.08. The van der Waals surface area contributed by atoms with Gasteiger partial charge in [0.15, 0.2) is 11.5 Å². The fourth-order valence-corrected chi connectivity index (χ4v) is 3.62. The van der Waals surface area contributed by atoms with Crippen molar-refractivity contribution < 1.29 is 9.47 Å². The predicted molar refractivity (Wildman–Crippen MR) is 124 cm³/mol. The standard InChI is InChI=1S/C25H30N2O3/c1-7-9-20-10-11-23(24(16-20)29-6)30-13-8-12-26-21-14-18(4)19(5)15-22(21)27(17(2)3)25(26)28/h7,10-11,14-16H,1-2,8-9,12-13H2,3-6H3. The average molecular weight is 407 g/mol. The fraction of sp³-hybridized carbons (Fsp3) is 0.320. The normalized spacial score (nSPS) is 10.9. The van der Waals surface area contributed by atoms with E-state index in [1.165, 1.54) is 0 Å². The van der Waals surface area contributed by atoms with Crippen LogP contribution in [0, 0.1) is 13.8 Å². The first-order valence-electron chi connectivity index (χ1n) is 10.2. The summed E-state index contributed by atoms with van der Waals surface area (Å²) < 4.78 is 14.9. The van der Waals surface area contributed by atoms with Crippen molar-refractivity contribution in [2.45, 2.75) is 40.2 Å². The van der Waals surface area contributed by atoms with Crippen molar-refractivity contribution in [1.29, 1.82) is 0 Å². The summed E-state index contributed by atoms with van der Waals surface area (Å²) in [5, 5.41) is 0. The van der Waals surface area contributed by atoms with Gasteiger partial charge in [0.05, 0.1) is 24.8 Å². The number of aryl methyl sites for hydroxylation is 3. The first-order chi connectivity index (χ1) is 14.4. The molecule has 0 saturated carbocycles. The third kappa shape index (κ3) is 4.20. The summed E-state index contributed by atoms with van der Waals surface area (Å²) in [5.74, 6) is 1.41. The van der Waals surface area contributed by atoms with Crippen LogP contribution in [0.1, 0.15) is 30.0 Å². The van der Waals surface area contributed by atoms with E-state index in [4.69, 9.17) is 9.47 Å². The van der Waals surface area contributed by atoms with E-state index in [0.717, 1.165) is 34.1 Å². The Balaban J connectivity index is 1.78. The smallest absolute Gasteiger partial charge is 0.333 e. The number of nitrogens with zero attached hydrogens (tertiary/aromatic N) is 2. The molecule has 5 heteroatoms. The highest BCUT2D eigenvalue weighted by molar-refractivity contribution is 5.81. The van der Waals surface area contributed by atoms with Crippen LogP contribution >= 0.6 is 0 Å². The number of fused-ring (bicyclic) bond motifs is 1. The van der Waals surface area contributed by atoms with Crippen LogP contribution < -0.4 is 15.2 Å². The molecule has 2 aromatic carbocycles. The molecule has 0 unspecified atom stereocenters. The van der Waals surface area contributed by atoms with Gasteiger partial charge >= 0.3 is 5.69 Å². The van der Waals surface area contributed by atoms with E-state index >= 15 is 0 Å². The molecule has 30 heavy (non-hydrogen) atoms. The SMILES string of the molecule is C=CCc1ccc(OCCCn2c(=O)n(C(=C)C)c3cc(C)c(C)cc32)c(OC)c1. The van der Waals surface area contributed by atoms with E-state index < -0.39 is 0 Å². The first kappa shape index (κ1) is 21.5. The van der Waals surface area contributed by atoms with E-state index in [0.29, 0.717) is 36.8 Å². The molecule has 0 fully saturated rings. The third-order valence-electron chi connectivity index (χ3n) is 5.32. The van der Waals surface area contributed by atoms with Gasteiger partial charge in [0.2, 0.25) is 0 Å². The van der Waals surface area contributed by atoms with E-state index in [1.54, 1.807) is 11.7 Å². The molecule has 3 aromatic rings. The fourth-order valence-electron chi connectivity index (χ4n) is 3.62. The molecule has 0 spiro atoms. The van der Waals surface area contributed by atoms with Crippen molar-refractivity contribution in [3.05, 3.63) is 76.7 Å². The van der Waals surface area contributed by atoms with Crippen LogP contribution in [0.2, 0.25) is 0 Å². The summed E-state index contributed by atoms with van der Waals surface area (Å²) in [6.07, 6.45) is 3.34. The minimum atomic E-state index is -0.0612. The van der Waals surface area contributed by atoms with Crippen molar-refractivity contribution in [2.75, 3.05) is 13.7 Å². The lowest BCUT2D eigenvalue weighted by Crippen LogP contribution is -2.24. The molecule has 5 nitrogen and oxygen atoms in total. The summed E-state index contributed by atoms with van der Waals surface area (Å²) in [4.78, 5) is 13.0. The number of hydrogen-bond donors (Lipinski definition) is 0. The van der Waals surface area contributed by atoms with Crippen LogP contribution in [0.5, 0.6) is 11.5 Å². The van der Waals surface area contributed by atoms with Gasteiger partial charge in [0.25, 0.3) is 0 Å². The number of imidazole rings is 1. The van der Waals surface area contributed by atoms with Crippen LogP contribution in [0.15, 0.2) is 54.4 Å². The highest BCUT2D eigenvalue weighted by atomic mass is 16.5. The third-order valence-corrected chi connectivity index (χ3v) is 5.32. The summed E-state index contributed by atoms with van der Waals surface area (Å²) >= 11 is 0. The van der Waals surface area contributed by atoms with Gasteiger partial charge in [0.1, 0.15) is 0 Å². The molecule has 0 N–H and O–H groups in total. The van der Waals surface area contributed by atoms with Gasteiger partial charge in [-0.2, -0.15) is 0 Å². The van der Waals surface area contributed by atoms with Crippen LogP contribution in [0.4, 0.5) is 0 Å². The minimum Gasteiger partial charge on any atom is -0.493 e. The lowest BCUT2D eigenvalue weighted by Gasteiger charge is -2.12. The summed E-state index contributed by atoms with van der Waals surface area (Å²) in [5.41, 5.74) is 5.93. The Kier molecular flexibility index (Phi) is 6.50. The lowest BCUT2D eigenvalue weighted by atomic mass is 10.1. The molecule has 0 aliphatic heterocycles. The zero-order chi connectivity index (χ0) is 21.8. The first-order valence-corrected chi connectivity index (χ1v) is 10.2.